The van der Waals surface area contributed by atoms with Crippen LogP contribution in [0.3, 0.4) is 0 Å². The van der Waals surface area contributed by atoms with Gasteiger partial charge in [-0.15, -0.1) is 0 Å². The average Bonchev–Trinajstić information content (AvgIpc) is 3.34. The van der Waals surface area contributed by atoms with E-state index in [2.05, 4.69) is 56.4 Å². The summed E-state index contributed by atoms with van der Waals surface area (Å²) in [5.74, 6) is 1.77. The van der Waals surface area contributed by atoms with E-state index in [1.165, 1.54) is 35.0 Å². The molecule has 0 spiro atoms. The van der Waals surface area contributed by atoms with Crippen molar-refractivity contribution in [3.63, 3.8) is 0 Å². The van der Waals surface area contributed by atoms with Crippen molar-refractivity contribution in [2.24, 2.45) is 10.9 Å². The molecule has 2 saturated heterocycles. The highest BCUT2D eigenvalue weighted by Gasteiger charge is 2.27. The van der Waals surface area contributed by atoms with Crippen LogP contribution in [0.2, 0.25) is 0 Å². The Labute approximate surface area is 167 Å². The molecule has 0 saturated carbocycles. The van der Waals surface area contributed by atoms with Crippen LogP contribution in [-0.4, -0.2) is 80.3 Å². The van der Waals surface area contributed by atoms with Gasteiger partial charge >= 0.3 is 0 Å². The number of rotatable bonds is 5. The van der Waals surface area contributed by atoms with Gasteiger partial charge in [0.15, 0.2) is 5.96 Å². The number of morpholine rings is 1. The van der Waals surface area contributed by atoms with Crippen molar-refractivity contribution in [3.8, 4) is 0 Å². The third kappa shape index (κ3) is 4.33. The molecule has 0 amide bonds. The van der Waals surface area contributed by atoms with Gasteiger partial charge in [-0.25, -0.2) is 0 Å². The topological polar surface area (TPSA) is 55.9 Å². The van der Waals surface area contributed by atoms with Crippen molar-refractivity contribution < 1.29 is 4.74 Å². The van der Waals surface area contributed by atoms with Crippen LogP contribution in [0, 0.1) is 12.8 Å². The van der Waals surface area contributed by atoms with Gasteiger partial charge in [0.1, 0.15) is 0 Å². The van der Waals surface area contributed by atoms with E-state index in [1.54, 1.807) is 0 Å². The molecule has 4 rings (SSSR count). The fourth-order valence-electron chi connectivity index (χ4n) is 4.54. The number of likely N-dealkylation sites (tertiary alicyclic amines) is 1. The molecule has 0 radical (unpaired) electrons. The van der Waals surface area contributed by atoms with Crippen LogP contribution < -0.4 is 5.32 Å². The molecule has 2 fully saturated rings. The quantitative estimate of drug-likeness (QED) is 0.614. The molecular formula is C22H33N5O. The summed E-state index contributed by atoms with van der Waals surface area (Å²) in [6.07, 6.45) is 4.39. The van der Waals surface area contributed by atoms with Gasteiger partial charge in [-0.1, -0.05) is 18.2 Å². The van der Waals surface area contributed by atoms with Gasteiger partial charge in [0.2, 0.25) is 0 Å². The molecule has 152 valence electrons. The third-order valence-corrected chi connectivity index (χ3v) is 6.10. The Kier molecular flexibility index (Phi) is 6.17. The van der Waals surface area contributed by atoms with Crippen molar-refractivity contribution in [1.82, 2.24) is 20.1 Å². The lowest BCUT2D eigenvalue weighted by Gasteiger charge is -2.29. The van der Waals surface area contributed by atoms with E-state index in [0.717, 1.165) is 64.2 Å². The van der Waals surface area contributed by atoms with E-state index in [-0.39, 0.29) is 0 Å². The van der Waals surface area contributed by atoms with Crippen molar-refractivity contribution in [2.75, 3.05) is 59.5 Å². The molecule has 1 atom stereocenters. The van der Waals surface area contributed by atoms with Crippen molar-refractivity contribution in [1.29, 1.82) is 0 Å². The third-order valence-electron chi connectivity index (χ3n) is 6.10. The number of ether oxygens (including phenoxy) is 1. The number of H-pyrrole nitrogens is 1. The first-order chi connectivity index (χ1) is 13.7. The monoisotopic (exact) mass is 383 g/mol. The second-order valence-electron chi connectivity index (χ2n) is 8.05. The Balaban J connectivity index is 1.27. The second kappa shape index (κ2) is 8.97. The van der Waals surface area contributed by atoms with Crippen LogP contribution in [0.1, 0.15) is 17.5 Å². The molecule has 28 heavy (non-hydrogen) atoms. The van der Waals surface area contributed by atoms with E-state index < -0.39 is 0 Å². The number of aryl methyl sites for hydroxylation is 1. The highest BCUT2D eigenvalue weighted by atomic mass is 16.5. The lowest BCUT2D eigenvalue weighted by atomic mass is 10.1. The lowest BCUT2D eigenvalue weighted by Crippen LogP contribution is -2.42. The summed E-state index contributed by atoms with van der Waals surface area (Å²) in [6, 6.07) is 6.50. The zero-order valence-corrected chi connectivity index (χ0v) is 17.2. The van der Waals surface area contributed by atoms with Gasteiger partial charge in [0.25, 0.3) is 0 Å². The average molecular weight is 384 g/mol. The molecule has 3 heterocycles. The summed E-state index contributed by atoms with van der Waals surface area (Å²) in [5, 5.41) is 4.92. The van der Waals surface area contributed by atoms with Crippen LogP contribution in [0.15, 0.2) is 29.4 Å². The number of aromatic nitrogens is 1. The molecule has 1 aromatic carbocycles. The summed E-state index contributed by atoms with van der Waals surface area (Å²) >= 11 is 0. The summed E-state index contributed by atoms with van der Waals surface area (Å²) < 4.78 is 5.47. The Morgan fingerprint density at radius 3 is 2.96 bits per heavy atom. The fourth-order valence-corrected chi connectivity index (χ4v) is 4.54. The number of aliphatic imine (C=N–C) groups is 1. The molecule has 2 aliphatic rings. The maximum atomic E-state index is 5.47. The first-order valence-corrected chi connectivity index (χ1v) is 10.6. The molecule has 6 nitrogen and oxygen atoms in total. The summed E-state index contributed by atoms with van der Waals surface area (Å²) in [4.78, 5) is 12.9. The fraction of sp³-hybridized carbons (Fsp3) is 0.591. The number of aromatic amines is 1. The maximum absolute atomic E-state index is 5.47. The van der Waals surface area contributed by atoms with Gasteiger partial charge < -0.3 is 19.9 Å². The molecule has 0 aliphatic carbocycles. The zero-order valence-electron chi connectivity index (χ0n) is 17.2. The van der Waals surface area contributed by atoms with Gasteiger partial charge in [-0.05, 0) is 36.8 Å². The smallest absolute Gasteiger partial charge is 0.193 e. The van der Waals surface area contributed by atoms with Crippen LogP contribution in [0.25, 0.3) is 10.9 Å². The first kappa shape index (κ1) is 19.3. The molecule has 2 N–H and O–H groups in total. The minimum Gasteiger partial charge on any atom is -0.379 e. The van der Waals surface area contributed by atoms with E-state index in [1.807, 2.05) is 7.05 Å². The van der Waals surface area contributed by atoms with Crippen LogP contribution in [0.5, 0.6) is 0 Å². The minimum absolute atomic E-state index is 0.730. The highest BCUT2D eigenvalue weighted by Crippen LogP contribution is 2.22. The number of fused-ring (bicyclic) bond motifs is 1. The number of hydrogen-bond donors (Lipinski definition) is 2. The molecule has 0 bridgehead atoms. The van der Waals surface area contributed by atoms with Gasteiger partial charge in [-0.3, -0.25) is 9.89 Å². The number of nitrogens with zero attached hydrogens (tertiary/aromatic N) is 3. The van der Waals surface area contributed by atoms with E-state index >= 15 is 0 Å². The van der Waals surface area contributed by atoms with Crippen molar-refractivity contribution in [3.05, 3.63) is 35.5 Å². The van der Waals surface area contributed by atoms with Crippen LogP contribution in [0.4, 0.5) is 0 Å². The molecule has 1 unspecified atom stereocenters. The lowest BCUT2D eigenvalue weighted by molar-refractivity contribution is 0.0315. The highest BCUT2D eigenvalue weighted by molar-refractivity contribution is 5.86. The van der Waals surface area contributed by atoms with Gasteiger partial charge in [0, 0.05) is 63.4 Å². The van der Waals surface area contributed by atoms with Crippen LogP contribution in [-0.2, 0) is 11.2 Å². The normalized spacial score (nSPS) is 21.6. The number of guanidine groups is 1. The maximum Gasteiger partial charge on any atom is 0.193 e. The van der Waals surface area contributed by atoms with Crippen LogP contribution >= 0.6 is 0 Å². The number of benzene rings is 1. The largest absolute Gasteiger partial charge is 0.379 e. The Morgan fingerprint density at radius 2 is 2.14 bits per heavy atom. The molecule has 6 heteroatoms. The van der Waals surface area contributed by atoms with Gasteiger partial charge in [-0.2, -0.15) is 0 Å². The Bertz CT molecular complexity index is 808. The molecule has 2 aromatic rings. The van der Waals surface area contributed by atoms with E-state index in [0.29, 0.717) is 0 Å². The van der Waals surface area contributed by atoms with Crippen molar-refractivity contribution in [2.45, 2.75) is 19.8 Å². The molecular weight excluding hydrogens is 350 g/mol. The zero-order chi connectivity index (χ0) is 19.3. The number of hydrogen-bond acceptors (Lipinski definition) is 3. The summed E-state index contributed by atoms with van der Waals surface area (Å²) in [5.41, 5.74) is 3.93. The number of para-hydroxylation sites is 1. The standard InChI is InChI=1S/C22H33N5O/c1-17-4-3-5-20-19(14-25-21(17)20)6-8-24-22(23-2)27-9-7-18(16-27)15-26-10-12-28-13-11-26/h3-5,14,18,25H,6-13,15-16H2,1-2H3,(H,23,24). The summed E-state index contributed by atoms with van der Waals surface area (Å²) in [7, 11) is 1.90. The number of nitrogens with one attached hydrogen (secondary N) is 2. The SMILES string of the molecule is CN=C(NCCc1c[nH]c2c(C)cccc12)N1CCC(CN2CCOCC2)C1. The predicted octanol–water partition coefficient (Wildman–Crippen LogP) is 2.25. The minimum atomic E-state index is 0.730. The van der Waals surface area contributed by atoms with E-state index in [9.17, 15) is 0 Å². The second-order valence-corrected chi connectivity index (χ2v) is 8.05. The summed E-state index contributed by atoms with van der Waals surface area (Å²) in [6.45, 7) is 10.4. The molecule has 2 aliphatic heterocycles. The Hall–Kier alpha value is -2.05. The Morgan fingerprint density at radius 1 is 1.29 bits per heavy atom. The van der Waals surface area contributed by atoms with Gasteiger partial charge in [0.05, 0.1) is 13.2 Å². The van der Waals surface area contributed by atoms with Crippen molar-refractivity contribution >= 4 is 16.9 Å². The first-order valence-electron chi connectivity index (χ1n) is 10.6. The van der Waals surface area contributed by atoms with E-state index in [4.69, 9.17) is 4.74 Å². The molecule has 1 aromatic heterocycles. The predicted molar refractivity (Wildman–Crippen MR) is 115 cm³/mol.